The van der Waals surface area contributed by atoms with Gasteiger partial charge in [-0.1, -0.05) is 36.5 Å². The first-order valence-corrected chi connectivity index (χ1v) is 6.81. The first-order valence-electron chi connectivity index (χ1n) is 6.05. The van der Waals surface area contributed by atoms with Gasteiger partial charge in [0.15, 0.2) is 11.0 Å². The van der Waals surface area contributed by atoms with Gasteiger partial charge < -0.3 is 5.32 Å². The molecule has 0 bridgehead atoms. The zero-order chi connectivity index (χ0) is 14.5. The van der Waals surface area contributed by atoms with E-state index in [1.807, 2.05) is 6.92 Å². The lowest BCUT2D eigenvalue weighted by molar-refractivity contribution is 0.102. The van der Waals surface area contributed by atoms with E-state index in [4.69, 9.17) is 23.2 Å². The van der Waals surface area contributed by atoms with Crippen LogP contribution in [-0.4, -0.2) is 21.1 Å². The average molecular weight is 311 g/mol. The van der Waals surface area contributed by atoms with Gasteiger partial charge in [0, 0.05) is 11.3 Å². The maximum absolute atomic E-state index is 12.1. The fraction of sp³-hybridized carbons (Fsp3) is 0.231. The normalized spacial score (nSPS) is 10.3. The van der Waals surface area contributed by atoms with E-state index in [1.54, 1.807) is 18.2 Å². The number of hydrogen-bond acceptors (Lipinski definition) is 4. The molecule has 0 spiro atoms. The number of amides is 1. The Bertz CT molecular complexity index is 616. The molecule has 2 aromatic rings. The highest BCUT2D eigenvalue weighted by atomic mass is 35.5. The summed E-state index contributed by atoms with van der Waals surface area (Å²) in [5.41, 5.74) is 1.22. The zero-order valence-electron chi connectivity index (χ0n) is 10.7. The quantitative estimate of drug-likeness (QED) is 0.879. The van der Waals surface area contributed by atoms with Crippen LogP contribution in [0.25, 0.3) is 0 Å². The lowest BCUT2D eigenvalue weighted by Crippen LogP contribution is -2.14. The fourth-order valence-corrected chi connectivity index (χ4v) is 1.96. The van der Waals surface area contributed by atoms with Gasteiger partial charge in [0.05, 0.1) is 0 Å². The number of nitrogens with one attached hydrogen (secondary N) is 1. The number of carbonyl (C=O) groups excluding carboxylic acids is 1. The molecule has 0 aliphatic rings. The molecule has 7 heteroatoms. The van der Waals surface area contributed by atoms with Gasteiger partial charge in [0.1, 0.15) is 5.15 Å². The first-order chi connectivity index (χ1) is 9.58. The van der Waals surface area contributed by atoms with Crippen LogP contribution in [0, 0.1) is 0 Å². The van der Waals surface area contributed by atoms with Crippen LogP contribution in [0.5, 0.6) is 0 Å². The molecule has 0 aliphatic carbocycles. The Kier molecular flexibility index (Phi) is 4.87. The molecule has 1 N–H and O–H groups in total. The Labute approximate surface area is 126 Å². The summed E-state index contributed by atoms with van der Waals surface area (Å²) in [5, 5.41) is 10.6. The third kappa shape index (κ3) is 3.88. The Morgan fingerprint density at radius 2 is 2.00 bits per heavy atom. The number of carbonyl (C=O) groups is 1. The maximum Gasteiger partial charge on any atom is 0.257 e. The lowest BCUT2D eigenvalue weighted by Gasteiger charge is -2.06. The Morgan fingerprint density at radius 3 is 2.65 bits per heavy atom. The largest absolute Gasteiger partial charge is 0.305 e. The standard InChI is InChI=1S/C13H12Cl2N4O/c1-2-3-9-6-8(7-11(15)16-9)13(20)17-12-5-4-10(14)18-19-12/h4-7H,2-3H2,1H3,(H,17,19,20). The molecule has 0 atom stereocenters. The molecule has 2 heterocycles. The van der Waals surface area contributed by atoms with Gasteiger partial charge in [-0.2, -0.15) is 0 Å². The molecule has 0 saturated heterocycles. The topological polar surface area (TPSA) is 67.8 Å². The van der Waals surface area contributed by atoms with Crippen LogP contribution in [0.2, 0.25) is 10.3 Å². The molecule has 1 amide bonds. The molecule has 0 unspecified atom stereocenters. The van der Waals surface area contributed by atoms with Crippen LogP contribution in [-0.2, 0) is 6.42 Å². The summed E-state index contributed by atoms with van der Waals surface area (Å²) in [6.07, 6.45) is 1.69. The summed E-state index contributed by atoms with van der Waals surface area (Å²) in [5.74, 6) is 0.00708. The van der Waals surface area contributed by atoms with Crippen molar-refractivity contribution in [3.63, 3.8) is 0 Å². The highest BCUT2D eigenvalue weighted by molar-refractivity contribution is 6.30. The van der Waals surface area contributed by atoms with E-state index in [0.717, 1.165) is 18.5 Å². The summed E-state index contributed by atoms with van der Waals surface area (Å²) in [4.78, 5) is 16.3. The van der Waals surface area contributed by atoms with E-state index >= 15 is 0 Å². The second-order valence-electron chi connectivity index (χ2n) is 4.12. The predicted octanol–water partition coefficient (Wildman–Crippen LogP) is 3.38. The Balaban J connectivity index is 2.18. The van der Waals surface area contributed by atoms with E-state index in [-0.39, 0.29) is 11.1 Å². The van der Waals surface area contributed by atoms with Crippen LogP contribution in [0.15, 0.2) is 24.3 Å². The zero-order valence-corrected chi connectivity index (χ0v) is 12.2. The lowest BCUT2D eigenvalue weighted by atomic mass is 10.1. The van der Waals surface area contributed by atoms with Gasteiger partial charge in [0.2, 0.25) is 0 Å². The van der Waals surface area contributed by atoms with Crippen molar-refractivity contribution in [1.82, 2.24) is 15.2 Å². The van der Waals surface area contributed by atoms with Gasteiger partial charge in [-0.25, -0.2) is 4.98 Å². The van der Waals surface area contributed by atoms with Crippen molar-refractivity contribution in [3.05, 3.63) is 45.8 Å². The molecule has 0 saturated carbocycles. The van der Waals surface area contributed by atoms with Crippen LogP contribution < -0.4 is 5.32 Å². The van der Waals surface area contributed by atoms with E-state index in [9.17, 15) is 4.79 Å². The molecule has 20 heavy (non-hydrogen) atoms. The van der Waals surface area contributed by atoms with Crippen molar-refractivity contribution in [3.8, 4) is 0 Å². The molecule has 0 radical (unpaired) electrons. The summed E-state index contributed by atoms with van der Waals surface area (Å²) in [7, 11) is 0. The summed E-state index contributed by atoms with van der Waals surface area (Å²) in [6, 6.07) is 6.35. The highest BCUT2D eigenvalue weighted by Crippen LogP contribution is 2.14. The van der Waals surface area contributed by atoms with Crippen LogP contribution in [0.1, 0.15) is 29.4 Å². The second-order valence-corrected chi connectivity index (χ2v) is 4.89. The van der Waals surface area contributed by atoms with Gasteiger partial charge in [-0.15, -0.1) is 10.2 Å². The number of hydrogen-bond donors (Lipinski definition) is 1. The summed E-state index contributed by atoms with van der Waals surface area (Å²) >= 11 is 11.5. The van der Waals surface area contributed by atoms with Crippen LogP contribution in [0.3, 0.4) is 0 Å². The predicted molar refractivity (Wildman–Crippen MR) is 78.2 cm³/mol. The first kappa shape index (κ1) is 14.7. The third-order valence-electron chi connectivity index (χ3n) is 2.49. The van der Waals surface area contributed by atoms with E-state index < -0.39 is 0 Å². The number of anilines is 1. The SMILES string of the molecule is CCCc1cc(C(=O)Nc2ccc(Cl)nn2)cc(Cl)n1. The van der Waals surface area contributed by atoms with E-state index in [2.05, 4.69) is 20.5 Å². The highest BCUT2D eigenvalue weighted by Gasteiger charge is 2.10. The molecule has 0 fully saturated rings. The number of pyridine rings is 1. The number of halogens is 2. The smallest absolute Gasteiger partial charge is 0.257 e. The van der Waals surface area contributed by atoms with E-state index in [1.165, 1.54) is 6.07 Å². The van der Waals surface area contributed by atoms with Crippen molar-refractivity contribution in [2.45, 2.75) is 19.8 Å². The Hall–Kier alpha value is -1.72. The third-order valence-corrected chi connectivity index (χ3v) is 2.88. The minimum Gasteiger partial charge on any atom is -0.305 e. The molecule has 5 nitrogen and oxygen atoms in total. The molecule has 0 aliphatic heterocycles. The van der Waals surface area contributed by atoms with Crippen LogP contribution >= 0.6 is 23.2 Å². The minimum atomic E-state index is -0.316. The number of nitrogens with zero attached hydrogens (tertiary/aromatic N) is 3. The number of rotatable bonds is 4. The van der Waals surface area contributed by atoms with Crippen molar-refractivity contribution >= 4 is 34.9 Å². The second kappa shape index (κ2) is 6.63. The molecular formula is C13H12Cl2N4O. The van der Waals surface area contributed by atoms with Gasteiger partial charge in [-0.05, 0) is 30.7 Å². The fourth-order valence-electron chi connectivity index (χ4n) is 1.64. The molecular weight excluding hydrogens is 299 g/mol. The molecule has 104 valence electrons. The van der Waals surface area contributed by atoms with Gasteiger partial charge in [-0.3, -0.25) is 4.79 Å². The summed E-state index contributed by atoms with van der Waals surface area (Å²) in [6.45, 7) is 2.03. The monoisotopic (exact) mass is 310 g/mol. The molecule has 0 aromatic carbocycles. The average Bonchev–Trinajstić information content (AvgIpc) is 2.41. The maximum atomic E-state index is 12.1. The van der Waals surface area contributed by atoms with Crippen molar-refractivity contribution in [2.24, 2.45) is 0 Å². The van der Waals surface area contributed by atoms with E-state index in [0.29, 0.717) is 16.5 Å². The van der Waals surface area contributed by atoms with Crippen molar-refractivity contribution in [2.75, 3.05) is 5.32 Å². The summed E-state index contributed by atoms with van der Waals surface area (Å²) < 4.78 is 0. The van der Waals surface area contributed by atoms with Crippen molar-refractivity contribution < 1.29 is 4.79 Å². The minimum absolute atomic E-state index is 0.264. The van der Waals surface area contributed by atoms with Crippen molar-refractivity contribution in [1.29, 1.82) is 0 Å². The number of aromatic nitrogens is 3. The number of aryl methyl sites for hydroxylation is 1. The van der Waals surface area contributed by atoms with Gasteiger partial charge >= 0.3 is 0 Å². The Morgan fingerprint density at radius 1 is 1.20 bits per heavy atom. The van der Waals surface area contributed by atoms with Gasteiger partial charge in [0.25, 0.3) is 5.91 Å². The van der Waals surface area contributed by atoms with Crippen LogP contribution in [0.4, 0.5) is 5.82 Å². The molecule has 2 rings (SSSR count). The molecule has 2 aromatic heterocycles.